The van der Waals surface area contributed by atoms with Crippen LogP contribution in [0.1, 0.15) is 10.4 Å². The molecule has 1 amide bonds. The lowest BCUT2D eigenvalue weighted by Crippen LogP contribution is -2.34. The first-order valence-electron chi connectivity index (χ1n) is 8.25. The highest BCUT2D eigenvalue weighted by molar-refractivity contribution is 5.94. The van der Waals surface area contributed by atoms with E-state index in [4.69, 9.17) is 4.74 Å². The lowest BCUT2D eigenvalue weighted by atomic mass is 10.1. The van der Waals surface area contributed by atoms with Crippen LogP contribution >= 0.6 is 0 Å². The van der Waals surface area contributed by atoms with E-state index in [0.29, 0.717) is 31.2 Å². The van der Waals surface area contributed by atoms with E-state index >= 15 is 0 Å². The monoisotopic (exact) mass is 343 g/mol. The number of hydrogen-bond donors (Lipinski definition) is 0. The summed E-state index contributed by atoms with van der Waals surface area (Å²) in [5, 5.41) is 0. The van der Waals surface area contributed by atoms with Crippen LogP contribution in [0.2, 0.25) is 0 Å². The van der Waals surface area contributed by atoms with Crippen molar-refractivity contribution < 1.29 is 13.9 Å². The fourth-order valence-electron chi connectivity index (χ4n) is 3.41. The van der Waals surface area contributed by atoms with Crippen molar-refractivity contribution in [2.75, 3.05) is 37.7 Å². The molecule has 8 heteroatoms. The normalized spacial score (nSPS) is 23.2. The molecule has 0 spiro atoms. The molecule has 2 fully saturated rings. The molecule has 2 saturated heterocycles. The van der Waals surface area contributed by atoms with Crippen LogP contribution in [0.25, 0.3) is 0 Å². The summed E-state index contributed by atoms with van der Waals surface area (Å²) in [6.07, 6.45) is 4.72. The quantitative estimate of drug-likeness (QED) is 0.757. The zero-order valence-electron chi connectivity index (χ0n) is 13.6. The summed E-state index contributed by atoms with van der Waals surface area (Å²) < 4.78 is 19.2. The van der Waals surface area contributed by atoms with Crippen LogP contribution in [0.4, 0.5) is 10.3 Å². The summed E-state index contributed by atoms with van der Waals surface area (Å²) in [4.78, 5) is 28.5. The molecular formula is C17H18FN5O2. The summed E-state index contributed by atoms with van der Waals surface area (Å²) in [7, 11) is 0. The van der Waals surface area contributed by atoms with Gasteiger partial charge in [0.25, 0.3) is 5.91 Å². The second kappa shape index (κ2) is 6.72. The lowest BCUT2D eigenvalue weighted by Gasteiger charge is -2.23. The number of carbonyl (C=O) groups is 1. The van der Waals surface area contributed by atoms with E-state index in [1.807, 2.05) is 0 Å². The van der Waals surface area contributed by atoms with Gasteiger partial charge in [0.05, 0.1) is 12.7 Å². The third kappa shape index (κ3) is 3.30. The van der Waals surface area contributed by atoms with Gasteiger partial charge in [-0.25, -0.2) is 15.0 Å². The van der Waals surface area contributed by atoms with Gasteiger partial charge in [-0.3, -0.25) is 4.79 Å². The minimum atomic E-state index is -0.650. The largest absolute Gasteiger partial charge is 0.374 e. The molecule has 4 heterocycles. The van der Waals surface area contributed by atoms with Crippen molar-refractivity contribution in [1.29, 1.82) is 0 Å². The maximum Gasteiger partial charge on any atom is 0.254 e. The number of pyridine rings is 1. The molecule has 2 aromatic rings. The highest BCUT2D eigenvalue weighted by Gasteiger charge is 2.39. The molecule has 2 aliphatic rings. The Morgan fingerprint density at radius 1 is 1.16 bits per heavy atom. The molecule has 2 aromatic heterocycles. The first-order valence-corrected chi connectivity index (χ1v) is 8.25. The maximum absolute atomic E-state index is 13.3. The molecular weight excluding hydrogens is 325 g/mol. The Balaban J connectivity index is 1.48. The fourth-order valence-corrected chi connectivity index (χ4v) is 3.41. The van der Waals surface area contributed by atoms with Crippen LogP contribution in [0.3, 0.4) is 0 Å². The van der Waals surface area contributed by atoms with E-state index in [1.54, 1.807) is 23.4 Å². The van der Waals surface area contributed by atoms with Crippen LogP contribution in [0.5, 0.6) is 0 Å². The Bertz CT molecular complexity index is 760. The van der Waals surface area contributed by atoms with Crippen molar-refractivity contribution >= 4 is 11.9 Å². The van der Waals surface area contributed by atoms with Crippen LogP contribution in [-0.2, 0) is 4.74 Å². The lowest BCUT2D eigenvalue weighted by molar-refractivity contribution is 0.0498. The number of nitrogens with zero attached hydrogens (tertiary/aromatic N) is 5. The van der Waals surface area contributed by atoms with Gasteiger partial charge in [-0.05, 0) is 12.1 Å². The van der Waals surface area contributed by atoms with Crippen LogP contribution in [0, 0.1) is 11.9 Å². The Labute approximate surface area is 144 Å². The van der Waals surface area contributed by atoms with E-state index in [1.165, 1.54) is 18.3 Å². The molecule has 0 radical (unpaired) electrons. The number of ether oxygens (including phenoxy) is 1. The highest BCUT2D eigenvalue weighted by Crippen LogP contribution is 2.26. The van der Waals surface area contributed by atoms with Gasteiger partial charge in [0.2, 0.25) is 11.9 Å². The molecule has 0 N–H and O–H groups in total. The van der Waals surface area contributed by atoms with Gasteiger partial charge in [0.15, 0.2) is 0 Å². The first-order chi connectivity index (χ1) is 12.2. The number of aromatic nitrogens is 3. The number of halogens is 1. The molecule has 0 bridgehead atoms. The van der Waals surface area contributed by atoms with Gasteiger partial charge < -0.3 is 14.5 Å². The van der Waals surface area contributed by atoms with Crippen molar-refractivity contribution in [2.24, 2.45) is 5.92 Å². The molecule has 0 unspecified atom stereocenters. The average Bonchev–Trinajstić information content (AvgIpc) is 2.93. The summed E-state index contributed by atoms with van der Waals surface area (Å²) in [6, 6.07) is 4.48. The standard InChI is InChI=1S/C17H18FN5O2/c18-15-8-12(2-5-19-15)16(24)23-10-13-9-22(6-7-25-14(13)11-23)17-20-3-1-4-21-17/h1-5,8,13-14H,6-7,9-11H2/t13-,14+/m0/s1. The van der Waals surface area contributed by atoms with Gasteiger partial charge in [0, 0.05) is 62.3 Å². The number of rotatable bonds is 2. The average molecular weight is 343 g/mol. The van der Waals surface area contributed by atoms with Gasteiger partial charge in [-0.1, -0.05) is 0 Å². The first kappa shape index (κ1) is 15.9. The number of hydrogen-bond acceptors (Lipinski definition) is 6. The predicted octanol–water partition coefficient (Wildman–Crippen LogP) is 0.988. The summed E-state index contributed by atoms with van der Waals surface area (Å²) >= 11 is 0. The molecule has 4 rings (SSSR count). The number of likely N-dealkylation sites (tertiary alicyclic amines) is 1. The van der Waals surface area contributed by atoms with E-state index in [2.05, 4.69) is 19.9 Å². The minimum Gasteiger partial charge on any atom is -0.374 e. The molecule has 0 aromatic carbocycles. The van der Waals surface area contributed by atoms with Crippen molar-refractivity contribution in [3.8, 4) is 0 Å². The topological polar surface area (TPSA) is 71.5 Å². The van der Waals surface area contributed by atoms with Crippen LogP contribution < -0.4 is 4.90 Å². The SMILES string of the molecule is O=C(c1ccnc(F)c1)N1C[C@@H]2CN(c3ncccn3)CCO[C@@H]2C1. The van der Waals surface area contributed by atoms with Gasteiger partial charge in [0.1, 0.15) is 0 Å². The third-order valence-electron chi connectivity index (χ3n) is 4.62. The zero-order valence-corrected chi connectivity index (χ0v) is 13.6. The Morgan fingerprint density at radius 2 is 2.00 bits per heavy atom. The second-order valence-electron chi connectivity index (χ2n) is 6.24. The van der Waals surface area contributed by atoms with E-state index in [0.717, 1.165) is 13.1 Å². The predicted molar refractivity (Wildman–Crippen MR) is 87.6 cm³/mol. The summed E-state index contributed by atoms with van der Waals surface area (Å²) in [6.45, 7) is 3.09. The number of anilines is 1. The van der Waals surface area contributed by atoms with Crippen LogP contribution in [0.15, 0.2) is 36.8 Å². The van der Waals surface area contributed by atoms with Crippen molar-refractivity contribution in [3.63, 3.8) is 0 Å². The van der Waals surface area contributed by atoms with Crippen molar-refractivity contribution in [2.45, 2.75) is 6.10 Å². The Kier molecular flexibility index (Phi) is 4.27. The Hall–Kier alpha value is -2.61. The van der Waals surface area contributed by atoms with Gasteiger partial charge in [-0.2, -0.15) is 4.39 Å². The van der Waals surface area contributed by atoms with Gasteiger partial charge in [-0.15, -0.1) is 0 Å². The molecule has 0 saturated carbocycles. The smallest absolute Gasteiger partial charge is 0.254 e. The maximum atomic E-state index is 13.3. The fraction of sp³-hybridized carbons (Fsp3) is 0.412. The van der Waals surface area contributed by atoms with E-state index in [-0.39, 0.29) is 17.9 Å². The van der Waals surface area contributed by atoms with Gasteiger partial charge >= 0.3 is 0 Å². The molecule has 0 aliphatic carbocycles. The molecule has 25 heavy (non-hydrogen) atoms. The summed E-state index contributed by atoms with van der Waals surface area (Å²) in [5.74, 6) is -0.00179. The molecule has 7 nitrogen and oxygen atoms in total. The number of carbonyl (C=O) groups excluding carboxylic acids is 1. The number of amides is 1. The van der Waals surface area contributed by atoms with Crippen molar-refractivity contribution in [3.05, 3.63) is 48.3 Å². The third-order valence-corrected chi connectivity index (χ3v) is 4.62. The molecule has 130 valence electrons. The molecule has 2 atom stereocenters. The minimum absolute atomic E-state index is 0.0238. The van der Waals surface area contributed by atoms with E-state index < -0.39 is 5.95 Å². The Morgan fingerprint density at radius 3 is 2.80 bits per heavy atom. The number of fused-ring (bicyclic) bond motifs is 1. The zero-order chi connectivity index (χ0) is 17.2. The summed E-state index contributed by atoms with van der Waals surface area (Å²) in [5.41, 5.74) is 0.312. The van der Waals surface area contributed by atoms with Crippen molar-refractivity contribution in [1.82, 2.24) is 19.9 Å². The van der Waals surface area contributed by atoms with Crippen LogP contribution in [-0.4, -0.2) is 64.6 Å². The second-order valence-corrected chi connectivity index (χ2v) is 6.24. The van der Waals surface area contributed by atoms with E-state index in [9.17, 15) is 9.18 Å². The molecule has 2 aliphatic heterocycles. The highest BCUT2D eigenvalue weighted by atomic mass is 19.1.